The molecule has 1 aromatic heterocycles. The van der Waals surface area contributed by atoms with Crippen LogP contribution in [-0.2, 0) is 0 Å². The van der Waals surface area contributed by atoms with E-state index in [0.29, 0.717) is 0 Å². The number of benzene rings is 1. The third-order valence-corrected chi connectivity index (χ3v) is 3.40. The molecule has 2 aromatic rings. The van der Waals surface area contributed by atoms with Crippen LogP contribution in [0.1, 0.15) is 50.9 Å². The lowest BCUT2D eigenvalue weighted by Crippen LogP contribution is -2.11. The van der Waals surface area contributed by atoms with E-state index in [9.17, 15) is 0 Å². The molecule has 0 aliphatic carbocycles. The van der Waals surface area contributed by atoms with Crippen molar-refractivity contribution in [3.63, 3.8) is 0 Å². The zero-order valence-electron chi connectivity index (χ0n) is 11.6. The highest BCUT2D eigenvalue weighted by atomic mass is 15.0. The zero-order valence-corrected chi connectivity index (χ0v) is 11.6. The van der Waals surface area contributed by atoms with E-state index in [1.807, 2.05) is 24.4 Å². The molecule has 19 heavy (non-hydrogen) atoms. The average molecular weight is 257 g/mol. The molecule has 0 aliphatic rings. The van der Waals surface area contributed by atoms with Crippen LogP contribution in [0.15, 0.2) is 36.5 Å². The molecule has 0 fully saturated rings. The Morgan fingerprint density at radius 2 is 1.95 bits per heavy atom. The van der Waals surface area contributed by atoms with Crippen molar-refractivity contribution in [2.24, 2.45) is 5.73 Å². The second-order valence-corrected chi connectivity index (χ2v) is 5.00. The number of H-pyrrole nitrogens is 1. The van der Waals surface area contributed by atoms with Gasteiger partial charge in [-0.1, -0.05) is 62.9 Å². The Morgan fingerprint density at radius 1 is 1.16 bits per heavy atom. The van der Waals surface area contributed by atoms with Crippen molar-refractivity contribution in [1.82, 2.24) is 9.97 Å². The number of hydrogen-bond donors (Lipinski definition) is 2. The summed E-state index contributed by atoms with van der Waals surface area (Å²) in [6.45, 7) is 2.22. The van der Waals surface area contributed by atoms with E-state index in [2.05, 4.69) is 29.0 Å². The van der Waals surface area contributed by atoms with E-state index in [-0.39, 0.29) is 6.04 Å². The van der Waals surface area contributed by atoms with Gasteiger partial charge >= 0.3 is 0 Å². The van der Waals surface area contributed by atoms with Crippen molar-refractivity contribution < 1.29 is 0 Å². The summed E-state index contributed by atoms with van der Waals surface area (Å²) in [6.07, 6.45) is 7.86. The first-order valence-electron chi connectivity index (χ1n) is 7.17. The van der Waals surface area contributed by atoms with E-state index >= 15 is 0 Å². The molecule has 1 unspecified atom stereocenters. The maximum absolute atomic E-state index is 6.17. The Labute approximate surface area is 115 Å². The van der Waals surface area contributed by atoms with Gasteiger partial charge in [-0.05, 0) is 12.0 Å². The molecule has 1 aromatic carbocycles. The van der Waals surface area contributed by atoms with E-state index in [1.54, 1.807) is 0 Å². The highest BCUT2D eigenvalue weighted by Gasteiger charge is 2.10. The maximum atomic E-state index is 6.17. The second-order valence-electron chi connectivity index (χ2n) is 5.00. The van der Waals surface area contributed by atoms with Crippen LogP contribution in [0.5, 0.6) is 0 Å². The fourth-order valence-electron chi connectivity index (χ4n) is 2.22. The highest BCUT2D eigenvalue weighted by Crippen LogP contribution is 2.20. The first-order valence-corrected chi connectivity index (χ1v) is 7.17. The maximum Gasteiger partial charge on any atom is 0.123 e. The number of aromatic nitrogens is 2. The van der Waals surface area contributed by atoms with Crippen LogP contribution < -0.4 is 5.73 Å². The second kappa shape index (κ2) is 7.10. The van der Waals surface area contributed by atoms with Crippen LogP contribution in [0.4, 0.5) is 0 Å². The van der Waals surface area contributed by atoms with E-state index in [1.165, 1.54) is 25.7 Å². The lowest BCUT2D eigenvalue weighted by molar-refractivity contribution is 0.550. The number of nitrogens with zero attached hydrogens (tertiary/aromatic N) is 1. The number of hydrogen-bond acceptors (Lipinski definition) is 2. The van der Waals surface area contributed by atoms with Gasteiger partial charge in [0.1, 0.15) is 5.82 Å². The summed E-state index contributed by atoms with van der Waals surface area (Å²) in [4.78, 5) is 7.74. The molecule has 0 spiro atoms. The topological polar surface area (TPSA) is 54.7 Å². The molecule has 3 nitrogen and oxygen atoms in total. The van der Waals surface area contributed by atoms with Crippen LogP contribution in [0.25, 0.3) is 11.3 Å². The third kappa shape index (κ3) is 3.93. The first kappa shape index (κ1) is 13.8. The van der Waals surface area contributed by atoms with Crippen molar-refractivity contribution in [3.8, 4) is 11.3 Å². The molecule has 102 valence electrons. The van der Waals surface area contributed by atoms with Crippen molar-refractivity contribution in [1.29, 1.82) is 0 Å². The minimum Gasteiger partial charge on any atom is -0.341 e. The third-order valence-electron chi connectivity index (χ3n) is 3.40. The Kier molecular flexibility index (Phi) is 5.16. The number of aromatic amines is 1. The Balaban J connectivity index is 1.93. The molecular weight excluding hydrogens is 234 g/mol. The van der Waals surface area contributed by atoms with Crippen LogP contribution in [0.2, 0.25) is 0 Å². The number of rotatable bonds is 7. The van der Waals surface area contributed by atoms with Gasteiger partial charge in [0.05, 0.1) is 17.9 Å². The van der Waals surface area contributed by atoms with Crippen molar-refractivity contribution >= 4 is 0 Å². The fraction of sp³-hybridized carbons (Fsp3) is 0.438. The van der Waals surface area contributed by atoms with Crippen LogP contribution in [-0.4, -0.2) is 9.97 Å². The van der Waals surface area contributed by atoms with Crippen LogP contribution in [0.3, 0.4) is 0 Å². The van der Waals surface area contributed by atoms with Crippen molar-refractivity contribution in [2.75, 3.05) is 0 Å². The van der Waals surface area contributed by atoms with Crippen molar-refractivity contribution in [3.05, 3.63) is 42.4 Å². The Morgan fingerprint density at radius 3 is 2.68 bits per heavy atom. The monoisotopic (exact) mass is 257 g/mol. The Bertz CT molecular complexity index is 476. The number of nitrogens with two attached hydrogens (primary N) is 1. The molecule has 3 heteroatoms. The predicted molar refractivity (Wildman–Crippen MR) is 79.7 cm³/mol. The largest absolute Gasteiger partial charge is 0.341 e. The molecule has 2 rings (SSSR count). The fourth-order valence-corrected chi connectivity index (χ4v) is 2.22. The standard InChI is InChI=1S/C16H23N3/c1-2-3-4-8-11-14(17)16-18-12-15(19-16)13-9-6-5-7-10-13/h5-7,9-10,12,14H,2-4,8,11,17H2,1H3,(H,18,19). The van der Waals surface area contributed by atoms with Gasteiger partial charge < -0.3 is 10.7 Å². The van der Waals surface area contributed by atoms with E-state index in [4.69, 9.17) is 5.73 Å². The molecule has 0 bridgehead atoms. The van der Waals surface area contributed by atoms with Crippen molar-refractivity contribution in [2.45, 2.75) is 45.1 Å². The van der Waals surface area contributed by atoms with Gasteiger partial charge in [0.15, 0.2) is 0 Å². The van der Waals surface area contributed by atoms with Gasteiger partial charge in [0.2, 0.25) is 0 Å². The molecule has 0 saturated carbocycles. The quantitative estimate of drug-likeness (QED) is 0.735. The number of imidazole rings is 1. The predicted octanol–water partition coefficient (Wildman–Crippen LogP) is 4.05. The summed E-state index contributed by atoms with van der Waals surface area (Å²) in [6, 6.07) is 10.2. The lowest BCUT2D eigenvalue weighted by atomic mass is 10.1. The zero-order chi connectivity index (χ0) is 13.5. The normalized spacial score (nSPS) is 12.5. The summed E-state index contributed by atoms with van der Waals surface area (Å²) in [5.41, 5.74) is 8.37. The highest BCUT2D eigenvalue weighted by molar-refractivity contribution is 5.58. The SMILES string of the molecule is CCCCCCC(N)c1ncc(-c2ccccc2)[nH]1. The minimum absolute atomic E-state index is 0.0225. The molecule has 0 amide bonds. The first-order chi connectivity index (χ1) is 9.31. The van der Waals surface area contributed by atoms with E-state index in [0.717, 1.165) is 23.5 Å². The molecule has 1 heterocycles. The molecular formula is C16H23N3. The minimum atomic E-state index is 0.0225. The summed E-state index contributed by atoms with van der Waals surface area (Å²) < 4.78 is 0. The molecule has 0 saturated heterocycles. The Hall–Kier alpha value is -1.61. The molecule has 0 radical (unpaired) electrons. The molecule has 0 aliphatic heterocycles. The smallest absolute Gasteiger partial charge is 0.123 e. The summed E-state index contributed by atoms with van der Waals surface area (Å²) in [5.74, 6) is 0.898. The summed E-state index contributed by atoms with van der Waals surface area (Å²) in [5, 5.41) is 0. The van der Waals surface area contributed by atoms with Gasteiger partial charge in [0.25, 0.3) is 0 Å². The lowest BCUT2D eigenvalue weighted by Gasteiger charge is -2.08. The van der Waals surface area contributed by atoms with Gasteiger partial charge in [-0.2, -0.15) is 0 Å². The van der Waals surface area contributed by atoms with Gasteiger partial charge in [-0.25, -0.2) is 4.98 Å². The summed E-state index contributed by atoms with van der Waals surface area (Å²) >= 11 is 0. The van der Waals surface area contributed by atoms with Gasteiger partial charge in [-0.15, -0.1) is 0 Å². The summed E-state index contributed by atoms with van der Waals surface area (Å²) in [7, 11) is 0. The van der Waals surface area contributed by atoms with E-state index < -0.39 is 0 Å². The molecule has 1 atom stereocenters. The molecule has 3 N–H and O–H groups in total. The van der Waals surface area contributed by atoms with Crippen LogP contribution >= 0.6 is 0 Å². The average Bonchev–Trinajstić information content (AvgIpc) is 2.94. The number of nitrogens with one attached hydrogen (secondary N) is 1. The van der Waals surface area contributed by atoms with Crippen LogP contribution in [0, 0.1) is 0 Å². The van der Waals surface area contributed by atoms with Gasteiger partial charge in [0, 0.05) is 0 Å². The van der Waals surface area contributed by atoms with Gasteiger partial charge in [-0.3, -0.25) is 0 Å². The number of unbranched alkanes of at least 4 members (excludes halogenated alkanes) is 3.